The molecule has 138 valence electrons. The number of carbonyl (C=O) groups excluding carboxylic acids is 2. The molecule has 1 amide bonds. The lowest BCUT2D eigenvalue weighted by Crippen LogP contribution is -2.21. The van der Waals surface area contributed by atoms with E-state index in [1.54, 1.807) is 12.5 Å². The summed E-state index contributed by atoms with van der Waals surface area (Å²) in [6, 6.07) is 12.7. The third-order valence-corrected chi connectivity index (χ3v) is 4.32. The number of amides is 1. The first-order valence-electron chi connectivity index (χ1n) is 7.88. The standard InChI is InChI=1S/C19H15FN2O4S/c1-25-13-8-6-12(7-9-13)16-11-27-19(21-16)22-17(23)10-26-18(24)14-4-2-3-5-15(14)20/h2-9,11H,10H2,1H3,(H,21,22,23). The van der Waals surface area contributed by atoms with Gasteiger partial charge < -0.3 is 9.47 Å². The van der Waals surface area contributed by atoms with Crippen molar-refractivity contribution >= 4 is 28.3 Å². The van der Waals surface area contributed by atoms with Crippen LogP contribution in [0, 0.1) is 5.82 Å². The maximum Gasteiger partial charge on any atom is 0.341 e. The summed E-state index contributed by atoms with van der Waals surface area (Å²) in [5.41, 5.74) is 1.35. The van der Waals surface area contributed by atoms with E-state index in [0.29, 0.717) is 10.8 Å². The first-order chi connectivity index (χ1) is 13.1. The minimum absolute atomic E-state index is 0.221. The van der Waals surface area contributed by atoms with Crippen LogP contribution in [0.3, 0.4) is 0 Å². The predicted molar refractivity (Wildman–Crippen MR) is 99.4 cm³/mol. The van der Waals surface area contributed by atoms with Gasteiger partial charge in [-0.1, -0.05) is 12.1 Å². The molecule has 1 heterocycles. The number of benzene rings is 2. The van der Waals surface area contributed by atoms with E-state index in [-0.39, 0.29) is 5.56 Å². The number of anilines is 1. The highest BCUT2D eigenvalue weighted by Gasteiger charge is 2.15. The molecule has 0 saturated carbocycles. The Morgan fingerprint density at radius 2 is 1.89 bits per heavy atom. The van der Waals surface area contributed by atoms with E-state index in [1.807, 2.05) is 24.3 Å². The van der Waals surface area contributed by atoms with Crippen LogP contribution in [0.1, 0.15) is 10.4 Å². The normalized spacial score (nSPS) is 10.3. The second kappa shape index (κ2) is 8.41. The molecule has 0 aliphatic rings. The van der Waals surface area contributed by atoms with Crippen molar-refractivity contribution in [2.75, 3.05) is 19.0 Å². The number of esters is 1. The fraction of sp³-hybridized carbons (Fsp3) is 0.105. The summed E-state index contributed by atoms with van der Waals surface area (Å²) in [4.78, 5) is 28.0. The van der Waals surface area contributed by atoms with E-state index in [9.17, 15) is 14.0 Å². The molecule has 0 aliphatic carbocycles. The first-order valence-corrected chi connectivity index (χ1v) is 8.76. The Morgan fingerprint density at radius 3 is 2.59 bits per heavy atom. The van der Waals surface area contributed by atoms with Gasteiger partial charge in [0.1, 0.15) is 11.6 Å². The molecule has 3 aromatic rings. The van der Waals surface area contributed by atoms with Crippen LogP contribution in [-0.2, 0) is 9.53 Å². The van der Waals surface area contributed by atoms with Gasteiger partial charge in [0.2, 0.25) is 0 Å². The molecule has 0 spiro atoms. The van der Waals surface area contributed by atoms with Crippen LogP contribution in [-0.4, -0.2) is 30.6 Å². The number of thiazole rings is 1. The second-order valence-electron chi connectivity index (χ2n) is 5.37. The molecule has 6 nitrogen and oxygen atoms in total. The maximum atomic E-state index is 13.5. The van der Waals surface area contributed by atoms with Gasteiger partial charge >= 0.3 is 5.97 Å². The van der Waals surface area contributed by atoms with Gasteiger partial charge in [-0.2, -0.15) is 0 Å². The highest BCUT2D eigenvalue weighted by molar-refractivity contribution is 7.14. The van der Waals surface area contributed by atoms with Crippen molar-refractivity contribution in [3.8, 4) is 17.0 Å². The maximum absolute atomic E-state index is 13.5. The zero-order chi connectivity index (χ0) is 19.2. The molecule has 0 atom stereocenters. The van der Waals surface area contributed by atoms with Crippen LogP contribution in [0.4, 0.5) is 9.52 Å². The lowest BCUT2D eigenvalue weighted by molar-refractivity contribution is -0.119. The molecule has 27 heavy (non-hydrogen) atoms. The Labute approximate surface area is 158 Å². The Morgan fingerprint density at radius 1 is 1.15 bits per heavy atom. The van der Waals surface area contributed by atoms with Crippen molar-refractivity contribution in [1.29, 1.82) is 0 Å². The molecular weight excluding hydrogens is 371 g/mol. The fourth-order valence-corrected chi connectivity index (χ4v) is 2.95. The fourth-order valence-electron chi connectivity index (χ4n) is 2.22. The highest BCUT2D eigenvalue weighted by Crippen LogP contribution is 2.26. The van der Waals surface area contributed by atoms with E-state index in [2.05, 4.69) is 10.3 Å². The lowest BCUT2D eigenvalue weighted by Gasteiger charge is -2.05. The van der Waals surface area contributed by atoms with Crippen molar-refractivity contribution in [2.45, 2.75) is 0 Å². The van der Waals surface area contributed by atoms with Gasteiger partial charge in [0.05, 0.1) is 18.4 Å². The number of hydrogen-bond acceptors (Lipinski definition) is 6. The quantitative estimate of drug-likeness (QED) is 0.653. The molecular formula is C19H15FN2O4S. The van der Waals surface area contributed by atoms with Crippen molar-refractivity contribution in [1.82, 2.24) is 4.98 Å². The summed E-state index contributed by atoms with van der Waals surface area (Å²) in [6.45, 7) is -0.537. The lowest BCUT2D eigenvalue weighted by atomic mass is 10.2. The van der Waals surface area contributed by atoms with Crippen LogP contribution in [0.25, 0.3) is 11.3 Å². The summed E-state index contributed by atoms with van der Waals surface area (Å²) in [7, 11) is 1.59. The summed E-state index contributed by atoms with van der Waals surface area (Å²) in [6.07, 6.45) is 0. The Hall–Kier alpha value is -3.26. The molecule has 0 saturated heterocycles. The number of methoxy groups -OCH3 is 1. The third-order valence-electron chi connectivity index (χ3n) is 3.56. The van der Waals surface area contributed by atoms with E-state index in [0.717, 1.165) is 17.4 Å². The molecule has 0 unspecified atom stereocenters. The minimum atomic E-state index is -0.902. The average molecular weight is 386 g/mol. The zero-order valence-corrected chi connectivity index (χ0v) is 15.1. The van der Waals surface area contributed by atoms with Crippen molar-refractivity contribution in [3.05, 3.63) is 65.3 Å². The van der Waals surface area contributed by atoms with Gasteiger partial charge in [-0.25, -0.2) is 14.2 Å². The average Bonchev–Trinajstić information content (AvgIpc) is 3.15. The topological polar surface area (TPSA) is 77.5 Å². The molecule has 0 fully saturated rings. The van der Waals surface area contributed by atoms with Gasteiger partial charge in [0, 0.05) is 10.9 Å². The molecule has 1 aromatic heterocycles. The van der Waals surface area contributed by atoms with Gasteiger partial charge in [-0.15, -0.1) is 11.3 Å². The van der Waals surface area contributed by atoms with Crippen LogP contribution in [0.2, 0.25) is 0 Å². The number of carbonyl (C=O) groups is 2. The summed E-state index contributed by atoms with van der Waals surface area (Å²) in [5, 5.41) is 4.71. The summed E-state index contributed by atoms with van der Waals surface area (Å²) < 4.78 is 23.4. The van der Waals surface area contributed by atoms with E-state index >= 15 is 0 Å². The predicted octanol–water partition coefficient (Wildman–Crippen LogP) is 3.75. The number of rotatable bonds is 6. The van der Waals surface area contributed by atoms with Gasteiger partial charge in [0.25, 0.3) is 5.91 Å². The van der Waals surface area contributed by atoms with Crippen molar-refractivity contribution in [3.63, 3.8) is 0 Å². The second-order valence-corrected chi connectivity index (χ2v) is 6.23. The van der Waals surface area contributed by atoms with Crippen LogP contribution >= 0.6 is 11.3 Å². The van der Waals surface area contributed by atoms with E-state index < -0.39 is 24.3 Å². The first kappa shape index (κ1) is 18.5. The number of nitrogens with one attached hydrogen (secondary N) is 1. The minimum Gasteiger partial charge on any atom is -0.497 e. The Bertz CT molecular complexity index is 956. The molecule has 0 radical (unpaired) electrons. The molecule has 3 rings (SSSR count). The largest absolute Gasteiger partial charge is 0.497 e. The van der Waals surface area contributed by atoms with Crippen LogP contribution in [0.5, 0.6) is 5.75 Å². The Balaban J connectivity index is 1.56. The molecule has 0 aliphatic heterocycles. The Kier molecular flexibility index (Phi) is 5.77. The van der Waals surface area contributed by atoms with Gasteiger partial charge in [-0.3, -0.25) is 10.1 Å². The molecule has 8 heteroatoms. The zero-order valence-electron chi connectivity index (χ0n) is 14.3. The van der Waals surface area contributed by atoms with Crippen molar-refractivity contribution in [2.24, 2.45) is 0 Å². The third kappa shape index (κ3) is 4.68. The van der Waals surface area contributed by atoms with Crippen LogP contribution < -0.4 is 10.1 Å². The van der Waals surface area contributed by atoms with E-state index in [4.69, 9.17) is 9.47 Å². The highest BCUT2D eigenvalue weighted by atomic mass is 32.1. The molecule has 0 bridgehead atoms. The van der Waals surface area contributed by atoms with Gasteiger partial charge in [-0.05, 0) is 36.4 Å². The summed E-state index contributed by atoms with van der Waals surface area (Å²) >= 11 is 1.24. The molecule has 2 aromatic carbocycles. The number of hydrogen-bond donors (Lipinski definition) is 1. The number of ether oxygens (including phenoxy) is 2. The van der Waals surface area contributed by atoms with E-state index in [1.165, 1.54) is 29.5 Å². The van der Waals surface area contributed by atoms with Gasteiger partial charge in [0.15, 0.2) is 11.7 Å². The monoisotopic (exact) mass is 386 g/mol. The smallest absolute Gasteiger partial charge is 0.341 e. The number of nitrogens with zero attached hydrogens (tertiary/aromatic N) is 1. The van der Waals surface area contributed by atoms with Crippen LogP contribution in [0.15, 0.2) is 53.9 Å². The van der Waals surface area contributed by atoms with Crippen molar-refractivity contribution < 1.29 is 23.5 Å². The SMILES string of the molecule is COc1ccc(-c2csc(NC(=O)COC(=O)c3ccccc3F)n2)cc1. The number of halogens is 1. The number of aromatic nitrogens is 1. The summed E-state index contributed by atoms with van der Waals surface area (Å²) in [5.74, 6) is -1.43. The molecule has 1 N–H and O–H groups in total.